The van der Waals surface area contributed by atoms with Gasteiger partial charge in [-0.1, -0.05) is 12.5 Å². The Hall–Kier alpha value is -3.21. The minimum atomic E-state index is -4.15. The summed E-state index contributed by atoms with van der Waals surface area (Å²) >= 11 is 0. The Labute approximate surface area is 236 Å². The van der Waals surface area contributed by atoms with Crippen molar-refractivity contribution in [1.29, 1.82) is 0 Å². The van der Waals surface area contributed by atoms with Crippen LogP contribution >= 0.6 is 0 Å². The van der Waals surface area contributed by atoms with Gasteiger partial charge in [-0.25, -0.2) is 14.2 Å². The normalized spacial score (nSPS) is 23.3. The molecule has 2 saturated heterocycles. The van der Waals surface area contributed by atoms with Crippen LogP contribution in [0.2, 0.25) is 0 Å². The van der Waals surface area contributed by atoms with Crippen LogP contribution in [0.25, 0.3) is 11.1 Å². The maximum absolute atomic E-state index is 15.0. The van der Waals surface area contributed by atoms with Crippen molar-refractivity contribution in [2.45, 2.75) is 63.6 Å². The van der Waals surface area contributed by atoms with Crippen LogP contribution in [-0.4, -0.2) is 76.3 Å². The van der Waals surface area contributed by atoms with Crippen LogP contribution in [0.4, 0.5) is 17.6 Å². The summed E-state index contributed by atoms with van der Waals surface area (Å²) in [6.07, 6.45) is 0.867. The first-order chi connectivity index (χ1) is 19.4. The zero-order valence-corrected chi connectivity index (χ0v) is 23.1. The number of carboxylic acids is 1. The monoisotopic (exact) mass is 577 g/mol. The van der Waals surface area contributed by atoms with Gasteiger partial charge in [0.15, 0.2) is 0 Å². The summed E-state index contributed by atoms with van der Waals surface area (Å²) in [4.78, 5) is 32.2. The third-order valence-electron chi connectivity index (χ3n) is 9.23. The molecule has 1 amide bonds. The highest BCUT2D eigenvalue weighted by Gasteiger charge is 2.58. The molecule has 1 aromatic heterocycles. The summed E-state index contributed by atoms with van der Waals surface area (Å²) in [5.74, 6) is -1.86. The van der Waals surface area contributed by atoms with Crippen LogP contribution in [0.5, 0.6) is 5.88 Å². The molecule has 0 spiro atoms. The fourth-order valence-electron chi connectivity index (χ4n) is 6.24. The average Bonchev–Trinajstić information content (AvgIpc) is 3.32. The molecular weight excluding hydrogens is 542 g/mol. The number of pyridine rings is 1. The number of alkyl halides is 3. The number of aromatic nitrogens is 1. The Morgan fingerprint density at radius 2 is 1.76 bits per heavy atom. The Morgan fingerprint density at radius 1 is 1.05 bits per heavy atom. The number of carbonyl (C=O) groups is 2. The lowest BCUT2D eigenvalue weighted by Crippen LogP contribution is -2.53. The van der Waals surface area contributed by atoms with Gasteiger partial charge >= 0.3 is 12.1 Å². The van der Waals surface area contributed by atoms with Crippen molar-refractivity contribution in [2.75, 3.05) is 32.8 Å². The molecule has 1 N–H and O–H groups in total. The van der Waals surface area contributed by atoms with E-state index in [1.165, 1.54) is 24.0 Å². The van der Waals surface area contributed by atoms with Gasteiger partial charge in [0.25, 0.3) is 5.91 Å². The van der Waals surface area contributed by atoms with Crippen molar-refractivity contribution in [3.63, 3.8) is 0 Å². The third kappa shape index (κ3) is 5.78. The Morgan fingerprint density at radius 3 is 2.32 bits per heavy atom. The lowest BCUT2D eigenvalue weighted by atomic mass is 9.67. The smallest absolute Gasteiger partial charge is 0.395 e. The summed E-state index contributed by atoms with van der Waals surface area (Å²) < 4.78 is 61.4. The molecule has 0 radical (unpaired) electrons. The second-order valence-electron chi connectivity index (χ2n) is 11.9. The lowest BCUT2D eigenvalue weighted by Gasteiger charge is -2.47. The van der Waals surface area contributed by atoms with Crippen molar-refractivity contribution in [3.8, 4) is 17.0 Å². The number of amides is 1. The van der Waals surface area contributed by atoms with Gasteiger partial charge in [0.1, 0.15) is 11.4 Å². The first-order valence-corrected chi connectivity index (χ1v) is 14.2. The number of benzene rings is 1. The van der Waals surface area contributed by atoms with Crippen molar-refractivity contribution < 1.29 is 37.0 Å². The minimum absolute atomic E-state index is 0.0861. The van der Waals surface area contributed by atoms with Gasteiger partial charge in [0, 0.05) is 30.9 Å². The fraction of sp³-hybridized carbons (Fsp3) is 0.567. The van der Waals surface area contributed by atoms with Crippen LogP contribution in [0.3, 0.4) is 0 Å². The minimum Gasteiger partial charge on any atom is -0.480 e. The van der Waals surface area contributed by atoms with Crippen LogP contribution < -0.4 is 4.74 Å². The summed E-state index contributed by atoms with van der Waals surface area (Å²) in [6, 6.07) is 7.61. The second kappa shape index (κ2) is 11.2. The summed E-state index contributed by atoms with van der Waals surface area (Å²) in [5, 5.41) is 9.58. The SMILES string of the molecule is CC1(C(=O)O)CCCN1C(=O)c1ccc(-c2ccc(OCC3CCN(CC4(C(F)(F)F)CCC4)CC3)nc2)cc1F. The highest BCUT2D eigenvalue weighted by molar-refractivity contribution is 5.98. The molecular formula is C30H35F4N3O4. The van der Waals surface area contributed by atoms with Gasteiger partial charge in [0.05, 0.1) is 17.6 Å². The molecule has 1 unspecified atom stereocenters. The molecule has 1 aliphatic carbocycles. The number of piperidine rings is 1. The van der Waals surface area contributed by atoms with Gasteiger partial charge in [-0.2, -0.15) is 13.2 Å². The maximum atomic E-state index is 15.0. The molecule has 1 saturated carbocycles. The van der Waals surface area contributed by atoms with Crippen molar-refractivity contribution in [2.24, 2.45) is 11.3 Å². The molecule has 1 atom stereocenters. The van der Waals surface area contributed by atoms with Crippen LogP contribution in [-0.2, 0) is 4.79 Å². The number of hydrogen-bond acceptors (Lipinski definition) is 5. The van der Waals surface area contributed by atoms with Crippen LogP contribution in [0, 0.1) is 17.2 Å². The number of hydrogen-bond donors (Lipinski definition) is 1. The van der Waals surface area contributed by atoms with E-state index in [9.17, 15) is 32.3 Å². The van der Waals surface area contributed by atoms with Crippen molar-refractivity contribution in [1.82, 2.24) is 14.8 Å². The van der Waals surface area contributed by atoms with E-state index in [1.807, 2.05) is 4.90 Å². The predicted molar refractivity (Wildman–Crippen MR) is 143 cm³/mol. The number of aliphatic carboxylic acids is 1. The average molecular weight is 578 g/mol. The van der Waals surface area contributed by atoms with Gasteiger partial charge in [0.2, 0.25) is 5.88 Å². The molecule has 3 aliphatic rings. The molecule has 3 heterocycles. The van der Waals surface area contributed by atoms with E-state index in [0.717, 1.165) is 12.8 Å². The van der Waals surface area contributed by atoms with E-state index in [4.69, 9.17) is 4.74 Å². The molecule has 222 valence electrons. The highest BCUT2D eigenvalue weighted by atomic mass is 19.4. The van der Waals surface area contributed by atoms with Crippen molar-refractivity contribution >= 4 is 11.9 Å². The number of rotatable bonds is 8. The third-order valence-corrected chi connectivity index (χ3v) is 9.23. The van der Waals surface area contributed by atoms with Gasteiger partial charge in [-0.3, -0.25) is 4.79 Å². The molecule has 5 rings (SSSR count). The molecule has 1 aromatic carbocycles. The molecule has 41 heavy (non-hydrogen) atoms. The zero-order chi connectivity index (χ0) is 29.4. The zero-order valence-electron chi connectivity index (χ0n) is 23.1. The van der Waals surface area contributed by atoms with Crippen LogP contribution in [0.15, 0.2) is 36.5 Å². The predicted octanol–water partition coefficient (Wildman–Crippen LogP) is 5.79. The first-order valence-electron chi connectivity index (χ1n) is 14.2. The number of ether oxygens (including phenoxy) is 1. The number of nitrogens with zero attached hydrogens (tertiary/aromatic N) is 3. The highest BCUT2D eigenvalue weighted by Crippen LogP contribution is 2.53. The molecule has 3 fully saturated rings. The summed E-state index contributed by atoms with van der Waals surface area (Å²) in [5.41, 5.74) is -1.93. The van der Waals surface area contributed by atoms with E-state index in [-0.39, 0.29) is 37.4 Å². The summed E-state index contributed by atoms with van der Waals surface area (Å²) in [7, 11) is 0. The molecule has 2 aromatic rings. The fourth-order valence-corrected chi connectivity index (χ4v) is 6.24. The van der Waals surface area contributed by atoms with E-state index < -0.39 is 34.8 Å². The van der Waals surface area contributed by atoms with Gasteiger partial charge < -0.3 is 19.6 Å². The molecule has 2 aliphatic heterocycles. The van der Waals surface area contributed by atoms with E-state index in [2.05, 4.69) is 4.98 Å². The molecule has 11 heteroatoms. The largest absolute Gasteiger partial charge is 0.480 e. The first kappa shape index (κ1) is 29.3. The molecule has 0 bridgehead atoms. The topological polar surface area (TPSA) is 83.0 Å². The van der Waals surface area contributed by atoms with Crippen LogP contribution in [0.1, 0.15) is 62.2 Å². The number of carboxylic acid groups (broad SMARTS) is 1. The van der Waals surface area contributed by atoms with E-state index in [1.54, 1.807) is 24.4 Å². The Bertz CT molecular complexity index is 1270. The number of likely N-dealkylation sites (tertiary alicyclic amines) is 2. The second-order valence-corrected chi connectivity index (χ2v) is 11.9. The van der Waals surface area contributed by atoms with Gasteiger partial charge in [-0.15, -0.1) is 0 Å². The lowest BCUT2D eigenvalue weighted by molar-refractivity contribution is -0.256. The molecule has 7 nitrogen and oxygen atoms in total. The maximum Gasteiger partial charge on any atom is 0.395 e. The van der Waals surface area contributed by atoms with E-state index >= 15 is 0 Å². The quantitative estimate of drug-likeness (QED) is 0.400. The standard InChI is InChI=1S/C30H35F4N3O4/c1-28(27(39)40)10-3-13-37(28)26(38)23-6-4-21(16-24(23)31)22-5-7-25(35-17-22)41-18-20-8-14-36(15-9-20)19-29(11-2-12-29)30(32,33)34/h4-7,16-17,20H,2-3,8-15,18-19H2,1H3,(H,39,40). The Kier molecular flexibility index (Phi) is 8.02. The Balaban J connectivity index is 1.13. The number of halogens is 4. The number of carbonyl (C=O) groups excluding carboxylic acids is 1. The summed E-state index contributed by atoms with van der Waals surface area (Å²) in [6.45, 7) is 3.48. The van der Waals surface area contributed by atoms with Gasteiger partial charge in [-0.05, 0) is 88.2 Å². The van der Waals surface area contributed by atoms with Crippen molar-refractivity contribution in [3.05, 3.63) is 47.9 Å². The van der Waals surface area contributed by atoms with E-state index in [0.29, 0.717) is 56.0 Å².